The van der Waals surface area contributed by atoms with E-state index in [2.05, 4.69) is 30.0 Å². The Morgan fingerprint density at radius 1 is 1.54 bits per heavy atom. The van der Waals surface area contributed by atoms with E-state index >= 15 is 0 Å². The SMILES string of the molecule is CN(C)CC1CCCN1CCC#N. The predicted molar refractivity (Wildman–Crippen MR) is 53.4 cm³/mol. The number of hydrogen-bond acceptors (Lipinski definition) is 3. The van der Waals surface area contributed by atoms with Gasteiger partial charge in [0.05, 0.1) is 6.07 Å². The van der Waals surface area contributed by atoms with Crippen molar-refractivity contribution in [2.45, 2.75) is 25.3 Å². The Kier molecular flexibility index (Phi) is 4.20. The second kappa shape index (κ2) is 5.21. The first-order valence-corrected chi connectivity index (χ1v) is 4.99. The third-order valence-electron chi connectivity index (χ3n) is 2.59. The van der Waals surface area contributed by atoms with Gasteiger partial charge in [-0.15, -0.1) is 0 Å². The maximum atomic E-state index is 8.51. The van der Waals surface area contributed by atoms with Gasteiger partial charge in [0, 0.05) is 25.6 Å². The van der Waals surface area contributed by atoms with Crippen molar-refractivity contribution in [2.75, 3.05) is 33.7 Å². The molecule has 1 rings (SSSR count). The van der Waals surface area contributed by atoms with E-state index < -0.39 is 0 Å². The Labute approximate surface area is 80.9 Å². The average Bonchev–Trinajstić information content (AvgIpc) is 2.48. The van der Waals surface area contributed by atoms with Crippen LogP contribution in [-0.2, 0) is 0 Å². The minimum atomic E-state index is 0.671. The van der Waals surface area contributed by atoms with Crippen LogP contribution in [0.4, 0.5) is 0 Å². The molecule has 1 fully saturated rings. The summed E-state index contributed by atoms with van der Waals surface area (Å²) in [7, 11) is 4.22. The Morgan fingerprint density at radius 3 is 2.92 bits per heavy atom. The lowest BCUT2D eigenvalue weighted by molar-refractivity contribution is 0.211. The van der Waals surface area contributed by atoms with Gasteiger partial charge in [-0.05, 0) is 33.5 Å². The fourth-order valence-electron chi connectivity index (χ4n) is 2.01. The highest BCUT2D eigenvalue weighted by atomic mass is 15.2. The van der Waals surface area contributed by atoms with Crippen molar-refractivity contribution in [2.24, 2.45) is 0 Å². The molecular formula is C10H19N3. The number of likely N-dealkylation sites (tertiary alicyclic amines) is 1. The molecule has 0 aromatic carbocycles. The van der Waals surface area contributed by atoms with Crippen LogP contribution in [-0.4, -0.2) is 49.6 Å². The van der Waals surface area contributed by atoms with E-state index in [4.69, 9.17) is 5.26 Å². The van der Waals surface area contributed by atoms with Gasteiger partial charge in [0.15, 0.2) is 0 Å². The van der Waals surface area contributed by atoms with E-state index in [0.29, 0.717) is 12.5 Å². The van der Waals surface area contributed by atoms with Gasteiger partial charge in [0.25, 0.3) is 0 Å². The first-order chi connectivity index (χ1) is 6.24. The van der Waals surface area contributed by atoms with Gasteiger partial charge >= 0.3 is 0 Å². The summed E-state index contributed by atoms with van der Waals surface area (Å²) in [5.41, 5.74) is 0. The van der Waals surface area contributed by atoms with Crippen molar-refractivity contribution in [1.82, 2.24) is 9.80 Å². The van der Waals surface area contributed by atoms with Gasteiger partial charge in [-0.2, -0.15) is 5.26 Å². The van der Waals surface area contributed by atoms with E-state index in [1.165, 1.54) is 19.4 Å². The van der Waals surface area contributed by atoms with Gasteiger partial charge in [0.1, 0.15) is 0 Å². The van der Waals surface area contributed by atoms with Crippen LogP contribution in [0.25, 0.3) is 0 Å². The van der Waals surface area contributed by atoms with Gasteiger partial charge in [-0.3, -0.25) is 4.90 Å². The maximum absolute atomic E-state index is 8.51. The molecule has 1 saturated heterocycles. The summed E-state index contributed by atoms with van der Waals surface area (Å²) in [6, 6.07) is 2.90. The molecule has 13 heavy (non-hydrogen) atoms. The molecule has 0 aliphatic carbocycles. The van der Waals surface area contributed by atoms with Crippen molar-refractivity contribution >= 4 is 0 Å². The molecule has 0 radical (unpaired) electrons. The lowest BCUT2D eigenvalue weighted by Crippen LogP contribution is -2.37. The summed E-state index contributed by atoms with van der Waals surface area (Å²) in [5.74, 6) is 0. The molecule has 1 aliphatic heterocycles. The largest absolute Gasteiger partial charge is 0.308 e. The van der Waals surface area contributed by atoms with Crippen LogP contribution < -0.4 is 0 Å². The molecule has 0 aromatic rings. The molecule has 3 heteroatoms. The molecule has 0 N–H and O–H groups in total. The van der Waals surface area contributed by atoms with E-state index in [-0.39, 0.29) is 0 Å². The fourth-order valence-corrected chi connectivity index (χ4v) is 2.01. The highest BCUT2D eigenvalue weighted by molar-refractivity contribution is 4.83. The molecule has 74 valence electrons. The van der Waals surface area contributed by atoms with Crippen LogP contribution in [0.5, 0.6) is 0 Å². The first-order valence-electron chi connectivity index (χ1n) is 4.99. The number of nitrogens with zero attached hydrogens (tertiary/aromatic N) is 3. The summed E-state index contributed by atoms with van der Waals surface area (Å²) in [5, 5.41) is 8.51. The Bertz CT molecular complexity index is 183. The molecule has 0 spiro atoms. The number of nitriles is 1. The Balaban J connectivity index is 2.31. The normalized spacial score (nSPS) is 23.7. The lowest BCUT2D eigenvalue weighted by atomic mass is 10.2. The molecular weight excluding hydrogens is 162 g/mol. The third kappa shape index (κ3) is 3.33. The van der Waals surface area contributed by atoms with Crippen LogP contribution in [0.3, 0.4) is 0 Å². The lowest BCUT2D eigenvalue weighted by Gasteiger charge is -2.25. The van der Waals surface area contributed by atoms with Crippen molar-refractivity contribution in [1.29, 1.82) is 5.26 Å². The minimum Gasteiger partial charge on any atom is -0.308 e. The molecule has 0 aromatic heterocycles. The smallest absolute Gasteiger partial charge is 0.0635 e. The van der Waals surface area contributed by atoms with Crippen LogP contribution in [0.15, 0.2) is 0 Å². The molecule has 0 amide bonds. The van der Waals surface area contributed by atoms with Crippen LogP contribution >= 0.6 is 0 Å². The van der Waals surface area contributed by atoms with Gasteiger partial charge in [0.2, 0.25) is 0 Å². The molecule has 0 bridgehead atoms. The van der Waals surface area contributed by atoms with Crippen molar-refractivity contribution in [3.8, 4) is 6.07 Å². The standard InChI is InChI=1S/C10H19N3/c1-12(2)9-10-5-3-7-13(10)8-4-6-11/h10H,3-5,7-9H2,1-2H3. The van der Waals surface area contributed by atoms with Crippen molar-refractivity contribution in [3.63, 3.8) is 0 Å². The average molecular weight is 181 g/mol. The maximum Gasteiger partial charge on any atom is 0.0635 e. The van der Waals surface area contributed by atoms with Crippen molar-refractivity contribution in [3.05, 3.63) is 0 Å². The fraction of sp³-hybridized carbons (Fsp3) is 0.900. The van der Waals surface area contributed by atoms with E-state index in [9.17, 15) is 0 Å². The first kappa shape index (κ1) is 10.5. The van der Waals surface area contributed by atoms with Gasteiger partial charge in [-0.1, -0.05) is 0 Å². The van der Waals surface area contributed by atoms with Gasteiger partial charge in [-0.25, -0.2) is 0 Å². The zero-order valence-corrected chi connectivity index (χ0v) is 8.66. The predicted octanol–water partition coefficient (Wildman–Crippen LogP) is 0.926. The summed E-state index contributed by atoms with van der Waals surface area (Å²) >= 11 is 0. The highest BCUT2D eigenvalue weighted by Crippen LogP contribution is 2.17. The number of likely N-dealkylation sites (N-methyl/N-ethyl adjacent to an activating group) is 1. The second-order valence-corrected chi connectivity index (χ2v) is 4.00. The zero-order chi connectivity index (χ0) is 9.68. The van der Waals surface area contributed by atoms with E-state index in [1.54, 1.807) is 0 Å². The van der Waals surface area contributed by atoms with Crippen LogP contribution in [0.1, 0.15) is 19.3 Å². The molecule has 1 heterocycles. The second-order valence-electron chi connectivity index (χ2n) is 4.00. The minimum absolute atomic E-state index is 0.671. The quantitative estimate of drug-likeness (QED) is 0.646. The van der Waals surface area contributed by atoms with Crippen molar-refractivity contribution < 1.29 is 0 Å². The molecule has 0 saturated carbocycles. The van der Waals surface area contributed by atoms with E-state index in [1.807, 2.05) is 0 Å². The number of rotatable bonds is 4. The summed E-state index contributed by atoms with van der Waals surface area (Å²) < 4.78 is 0. The number of hydrogen-bond donors (Lipinski definition) is 0. The van der Waals surface area contributed by atoms with Crippen LogP contribution in [0.2, 0.25) is 0 Å². The topological polar surface area (TPSA) is 30.3 Å². The Morgan fingerprint density at radius 2 is 2.31 bits per heavy atom. The summed E-state index contributed by atoms with van der Waals surface area (Å²) in [6.07, 6.45) is 3.26. The van der Waals surface area contributed by atoms with Gasteiger partial charge < -0.3 is 4.90 Å². The Hall–Kier alpha value is -0.590. The van der Waals surface area contributed by atoms with E-state index in [0.717, 1.165) is 13.1 Å². The monoisotopic (exact) mass is 181 g/mol. The third-order valence-corrected chi connectivity index (χ3v) is 2.59. The summed E-state index contributed by atoms with van der Waals surface area (Å²) in [6.45, 7) is 3.26. The summed E-state index contributed by atoms with van der Waals surface area (Å²) in [4.78, 5) is 4.68. The van der Waals surface area contributed by atoms with Crippen LogP contribution in [0, 0.1) is 11.3 Å². The molecule has 1 aliphatic rings. The molecule has 1 atom stereocenters. The molecule has 1 unspecified atom stereocenters. The highest BCUT2D eigenvalue weighted by Gasteiger charge is 2.23. The zero-order valence-electron chi connectivity index (χ0n) is 8.66. The molecule has 3 nitrogen and oxygen atoms in total.